The van der Waals surface area contributed by atoms with E-state index in [1.54, 1.807) is 18.2 Å². The Morgan fingerprint density at radius 3 is 2.55 bits per heavy atom. The van der Waals surface area contributed by atoms with E-state index in [9.17, 15) is 9.59 Å². The Kier molecular flexibility index (Phi) is 2.76. The van der Waals surface area contributed by atoms with Crippen molar-refractivity contribution in [2.45, 2.75) is 0 Å². The van der Waals surface area contributed by atoms with Crippen LogP contribution in [-0.4, -0.2) is 12.1 Å². The molecule has 1 aromatic carbocycles. The summed E-state index contributed by atoms with van der Waals surface area (Å²) in [5.74, 6) is -0.463. The van der Waals surface area contributed by atoms with Crippen LogP contribution in [0.15, 0.2) is 24.3 Å². The number of hydrogen-bond acceptors (Lipinski definition) is 2. The predicted molar refractivity (Wildman–Crippen MR) is 49.6 cm³/mol. The first-order valence-electron chi connectivity index (χ1n) is 2.99. The average molecular weight is 260 g/mol. The van der Waals surface area contributed by atoms with Crippen LogP contribution in [0.25, 0.3) is 0 Å². The van der Waals surface area contributed by atoms with Crippen LogP contribution in [0.1, 0.15) is 10.4 Å². The largest absolute Gasteiger partial charge is 0.294 e. The van der Waals surface area contributed by atoms with Crippen molar-refractivity contribution in [2.75, 3.05) is 0 Å². The monoisotopic (exact) mass is 260 g/mol. The number of benzene rings is 1. The minimum absolute atomic E-state index is 0.331. The van der Waals surface area contributed by atoms with Gasteiger partial charge in [-0.3, -0.25) is 9.59 Å². The van der Waals surface area contributed by atoms with E-state index in [1.165, 1.54) is 0 Å². The van der Waals surface area contributed by atoms with Crippen LogP contribution in [0.5, 0.6) is 0 Å². The van der Waals surface area contributed by atoms with E-state index in [0.29, 0.717) is 11.8 Å². The van der Waals surface area contributed by atoms with E-state index in [4.69, 9.17) is 0 Å². The number of hydrogen-bond donors (Lipinski definition) is 0. The highest BCUT2D eigenvalue weighted by molar-refractivity contribution is 14.1. The van der Waals surface area contributed by atoms with Gasteiger partial charge >= 0.3 is 0 Å². The SMILES string of the molecule is O=CC(=O)c1ccccc1I. The molecule has 0 aliphatic carbocycles. The van der Waals surface area contributed by atoms with Gasteiger partial charge in [-0.2, -0.15) is 0 Å². The Morgan fingerprint density at radius 1 is 1.36 bits per heavy atom. The third kappa shape index (κ3) is 1.86. The molecule has 11 heavy (non-hydrogen) atoms. The summed E-state index contributed by atoms with van der Waals surface area (Å²) in [6.45, 7) is 0. The molecule has 0 amide bonds. The molecule has 0 fully saturated rings. The third-order valence-electron chi connectivity index (χ3n) is 1.25. The van der Waals surface area contributed by atoms with E-state index in [1.807, 2.05) is 28.7 Å². The summed E-state index contributed by atoms with van der Waals surface area (Å²) < 4.78 is 0.808. The number of Topliss-reactive ketones (excluding diaryl/α,β-unsaturated/α-hetero) is 1. The first-order valence-corrected chi connectivity index (χ1v) is 4.07. The molecule has 0 aliphatic heterocycles. The van der Waals surface area contributed by atoms with Gasteiger partial charge < -0.3 is 0 Å². The fraction of sp³-hybridized carbons (Fsp3) is 0. The molecule has 1 aromatic rings. The summed E-state index contributed by atoms with van der Waals surface area (Å²) >= 11 is 2.02. The fourth-order valence-electron chi connectivity index (χ4n) is 0.725. The number of ketones is 1. The molecule has 0 radical (unpaired) electrons. The maximum atomic E-state index is 10.9. The molecule has 3 heteroatoms. The van der Waals surface area contributed by atoms with E-state index in [0.717, 1.165) is 3.57 Å². The van der Waals surface area contributed by atoms with Crippen LogP contribution in [0.2, 0.25) is 0 Å². The standard InChI is InChI=1S/C8H5IO2/c9-7-4-2-1-3-6(7)8(11)5-10/h1-5H. The molecule has 56 valence electrons. The lowest BCUT2D eigenvalue weighted by molar-refractivity contribution is -0.104. The zero-order valence-corrected chi connectivity index (χ0v) is 7.74. The Balaban J connectivity index is 3.13. The van der Waals surface area contributed by atoms with Crippen molar-refractivity contribution >= 4 is 34.7 Å². The predicted octanol–water partition coefficient (Wildman–Crippen LogP) is 1.67. The Labute approximate surface area is 77.7 Å². The molecule has 0 atom stereocenters. The lowest BCUT2D eigenvalue weighted by Crippen LogP contribution is -2.01. The van der Waals surface area contributed by atoms with E-state index >= 15 is 0 Å². The molecular weight excluding hydrogens is 255 g/mol. The summed E-state index contributed by atoms with van der Waals surface area (Å²) in [6, 6.07) is 6.98. The molecule has 0 aromatic heterocycles. The lowest BCUT2D eigenvalue weighted by atomic mass is 10.1. The quantitative estimate of drug-likeness (QED) is 0.351. The summed E-state index contributed by atoms with van der Waals surface area (Å²) in [4.78, 5) is 21.0. The second kappa shape index (κ2) is 3.61. The van der Waals surface area contributed by atoms with E-state index in [2.05, 4.69) is 0 Å². The zero-order chi connectivity index (χ0) is 8.27. The van der Waals surface area contributed by atoms with Crippen molar-refractivity contribution in [3.05, 3.63) is 33.4 Å². The van der Waals surface area contributed by atoms with Crippen LogP contribution in [0.4, 0.5) is 0 Å². The summed E-state index contributed by atoms with van der Waals surface area (Å²) in [7, 11) is 0. The first kappa shape index (κ1) is 8.39. The zero-order valence-electron chi connectivity index (χ0n) is 5.58. The van der Waals surface area contributed by atoms with Crippen LogP contribution in [0.3, 0.4) is 0 Å². The van der Waals surface area contributed by atoms with E-state index in [-0.39, 0.29) is 0 Å². The highest BCUT2D eigenvalue weighted by atomic mass is 127. The summed E-state index contributed by atoms with van der Waals surface area (Å²) in [6.07, 6.45) is 0.331. The van der Waals surface area contributed by atoms with Crippen molar-refractivity contribution < 1.29 is 9.59 Å². The lowest BCUT2D eigenvalue weighted by Gasteiger charge is -1.95. The number of aldehydes is 1. The van der Waals surface area contributed by atoms with Gasteiger partial charge in [-0.25, -0.2) is 0 Å². The Hall–Kier alpha value is -0.710. The van der Waals surface area contributed by atoms with Gasteiger partial charge in [0.05, 0.1) is 0 Å². The summed E-state index contributed by atoms with van der Waals surface area (Å²) in [5.41, 5.74) is 0.475. The molecule has 2 nitrogen and oxygen atoms in total. The fourth-order valence-corrected chi connectivity index (χ4v) is 1.38. The maximum Gasteiger partial charge on any atom is 0.226 e. The van der Waals surface area contributed by atoms with Gasteiger partial charge in [0.1, 0.15) is 0 Å². The van der Waals surface area contributed by atoms with Crippen LogP contribution < -0.4 is 0 Å². The number of halogens is 1. The Morgan fingerprint density at radius 2 is 2.00 bits per heavy atom. The van der Waals surface area contributed by atoms with Gasteiger partial charge in [-0.15, -0.1) is 0 Å². The minimum Gasteiger partial charge on any atom is -0.294 e. The molecule has 0 N–H and O–H groups in total. The van der Waals surface area contributed by atoms with E-state index < -0.39 is 5.78 Å². The third-order valence-corrected chi connectivity index (χ3v) is 2.19. The van der Waals surface area contributed by atoms with Crippen molar-refractivity contribution in [1.29, 1.82) is 0 Å². The molecule has 0 unspecified atom stereocenters. The van der Waals surface area contributed by atoms with Crippen LogP contribution >= 0.6 is 22.6 Å². The molecule has 0 saturated heterocycles. The Bertz CT molecular complexity index is 294. The first-order chi connectivity index (χ1) is 5.25. The van der Waals surface area contributed by atoms with Crippen molar-refractivity contribution in [3.8, 4) is 0 Å². The van der Waals surface area contributed by atoms with Gasteiger partial charge in [0.15, 0.2) is 6.29 Å². The van der Waals surface area contributed by atoms with Crippen molar-refractivity contribution in [2.24, 2.45) is 0 Å². The minimum atomic E-state index is -0.463. The van der Waals surface area contributed by atoms with Gasteiger partial charge in [0, 0.05) is 9.13 Å². The topological polar surface area (TPSA) is 34.1 Å². The molecule has 0 spiro atoms. The van der Waals surface area contributed by atoms with Gasteiger partial charge in [-0.1, -0.05) is 12.1 Å². The second-order valence-electron chi connectivity index (χ2n) is 1.96. The number of rotatable bonds is 2. The summed E-state index contributed by atoms with van der Waals surface area (Å²) in [5, 5.41) is 0. The van der Waals surface area contributed by atoms with Crippen LogP contribution in [-0.2, 0) is 4.79 Å². The van der Waals surface area contributed by atoms with Gasteiger partial charge in [0.25, 0.3) is 0 Å². The van der Waals surface area contributed by atoms with Crippen molar-refractivity contribution in [3.63, 3.8) is 0 Å². The molecule has 0 aliphatic rings. The highest BCUT2D eigenvalue weighted by Crippen LogP contribution is 2.10. The normalized spacial score (nSPS) is 9.18. The molecule has 0 heterocycles. The maximum absolute atomic E-state index is 10.9. The van der Waals surface area contributed by atoms with Crippen molar-refractivity contribution in [1.82, 2.24) is 0 Å². The number of carbonyl (C=O) groups excluding carboxylic acids is 2. The molecule has 0 bridgehead atoms. The van der Waals surface area contributed by atoms with Gasteiger partial charge in [-0.05, 0) is 34.7 Å². The van der Waals surface area contributed by atoms with Gasteiger partial charge in [0.2, 0.25) is 5.78 Å². The molecular formula is C8H5IO2. The molecule has 1 rings (SSSR count). The second-order valence-corrected chi connectivity index (χ2v) is 3.12. The molecule has 0 saturated carbocycles. The highest BCUT2D eigenvalue weighted by Gasteiger charge is 2.05. The van der Waals surface area contributed by atoms with Crippen LogP contribution in [0, 0.1) is 3.57 Å². The average Bonchev–Trinajstić information content (AvgIpc) is 2.04. The number of carbonyl (C=O) groups is 2. The smallest absolute Gasteiger partial charge is 0.226 e.